The molecular weight excluding hydrogens is 266 g/mol. The second-order valence-corrected chi connectivity index (χ2v) is 5.98. The van der Waals surface area contributed by atoms with Gasteiger partial charge in [0.25, 0.3) is 0 Å². The van der Waals surface area contributed by atoms with Gasteiger partial charge in [0.15, 0.2) is 0 Å². The van der Waals surface area contributed by atoms with E-state index in [9.17, 15) is 9.59 Å². The molecule has 1 saturated heterocycles. The van der Waals surface area contributed by atoms with Gasteiger partial charge in [-0.05, 0) is 26.7 Å². The molecule has 0 saturated carbocycles. The molecule has 0 aromatic carbocycles. The Kier molecular flexibility index (Phi) is 3.75. The van der Waals surface area contributed by atoms with Crippen LogP contribution in [0.2, 0.25) is 0 Å². The monoisotopic (exact) mass is 283 g/mol. The molecule has 6 nitrogen and oxygen atoms in total. The first kappa shape index (κ1) is 13.8. The minimum atomic E-state index is -0.945. The van der Waals surface area contributed by atoms with Crippen LogP contribution < -0.4 is 5.32 Å². The van der Waals surface area contributed by atoms with E-state index in [0.29, 0.717) is 13.0 Å². The number of likely N-dealkylation sites (tertiary alicyclic amines) is 1. The highest BCUT2D eigenvalue weighted by atomic mass is 32.1. The maximum atomic E-state index is 12.2. The molecule has 2 N–H and O–H groups in total. The molecule has 1 aromatic heterocycles. The first-order valence-corrected chi connectivity index (χ1v) is 7.01. The summed E-state index contributed by atoms with van der Waals surface area (Å²) in [7, 11) is 0. The minimum Gasteiger partial charge on any atom is -0.480 e. The van der Waals surface area contributed by atoms with E-state index in [1.54, 1.807) is 6.20 Å². The van der Waals surface area contributed by atoms with Crippen molar-refractivity contribution in [2.75, 3.05) is 6.54 Å². The average molecular weight is 283 g/mol. The predicted molar refractivity (Wildman–Crippen MR) is 71.0 cm³/mol. The van der Waals surface area contributed by atoms with Gasteiger partial charge >= 0.3 is 12.0 Å². The topological polar surface area (TPSA) is 82.5 Å². The van der Waals surface area contributed by atoms with Crippen LogP contribution in [0, 0.1) is 0 Å². The molecule has 19 heavy (non-hydrogen) atoms. The average Bonchev–Trinajstić information content (AvgIpc) is 3.00. The first-order valence-electron chi connectivity index (χ1n) is 6.13. The van der Waals surface area contributed by atoms with Gasteiger partial charge in [-0.3, -0.25) is 0 Å². The third-order valence-electron chi connectivity index (χ3n) is 3.19. The third kappa shape index (κ3) is 2.86. The van der Waals surface area contributed by atoms with E-state index in [1.165, 1.54) is 16.2 Å². The molecule has 0 bridgehead atoms. The van der Waals surface area contributed by atoms with E-state index < -0.39 is 17.6 Å². The van der Waals surface area contributed by atoms with Gasteiger partial charge in [0, 0.05) is 18.1 Å². The van der Waals surface area contributed by atoms with Gasteiger partial charge in [0.1, 0.15) is 11.0 Å². The van der Waals surface area contributed by atoms with Gasteiger partial charge in [-0.1, -0.05) is 0 Å². The summed E-state index contributed by atoms with van der Waals surface area (Å²) in [5.41, 5.74) is -0.600. The van der Waals surface area contributed by atoms with Gasteiger partial charge in [0.2, 0.25) is 0 Å². The number of hydrogen-bond acceptors (Lipinski definition) is 4. The van der Waals surface area contributed by atoms with Crippen molar-refractivity contribution in [2.45, 2.75) is 38.3 Å². The van der Waals surface area contributed by atoms with E-state index >= 15 is 0 Å². The van der Waals surface area contributed by atoms with Gasteiger partial charge < -0.3 is 15.3 Å². The Morgan fingerprint density at radius 2 is 2.32 bits per heavy atom. The number of thiazole rings is 1. The van der Waals surface area contributed by atoms with Crippen LogP contribution in [0.15, 0.2) is 11.6 Å². The number of carbonyl (C=O) groups excluding carboxylic acids is 1. The van der Waals surface area contributed by atoms with Crippen LogP contribution in [0.4, 0.5) is 4.79 Å². The van der Waals surface area contributed by atoms with Crippen LogP contribution in [0.1, 0.15) is 31.7 Å². The number of carboxylic acid groups (broad SMARTS) is 1. The van der Waals surface area contributed by atoms with E-state index in [1.807, 2.05) is 19.2 Å². The fourth-order valence-electron chi connectivity index (χ4n) is 2.19. The van der Waals surface area contributed by atoms with Crippen LogP contribution in [0.5, 0.6) is 0 Å². The Balaban J connectivity index is 2.07. The zero-order valence-electron chi connectivity index (χ0n) is 10.9. The Labute approximate surface area is 115 Å². The van der Waals surface area contributed by atoms with E-state index in [4.69, 9.17) is 5.11 Å². The highest BCUT2D eigenvalue weighted by Gasteiger charge is 2.36. The maximum Gasteiger partial charge on any atom is 0.326 e. The van der Waals surface area contributed by atoms with Crippen molar-refractivity contribution >= 4 is 23.3 Å². The van der Waals surface area contributed by atoms with Crippen molar-refractivity contribution in [3.63, 3.8) is 0 Å². The maximum absolute atomic E-state index is 12.2. The minimum absolute atomic E-state index is 0.342. The number of hydrogen-bond donors (Lipinski definition) is 2. The van der Waals surface area contributed by atoms with E-state index in [0.717, 1.165) is 11.4 Å². The molecule has 1 fully saturated rings. The molecule has 1 aromatic rings. The van der Waals surface area contributed by atoms with Gasteiger partial charge in [-0.15, -0.1) is 11.3 Å². The summed E-state index contributed by atoms with van der Waals surface area (Å²) >= 11 is 1.46. The number of rotatable bonds is 3. The summed E-state index contributed by atoms with van der Waals surface area (Å²) in [5, 5.41) is 14.6. The second kappa shape index (κ2) is 5.16. The smallest absolute Gasteiger partial charge is 0.326 e. The Morgan fingerprint density at radius 1 is 1.58 bits per heavy atom. The Morgan fingerprint density at radius 3 is 2.89 bits per heavy atom. The first-order chi connectivity index (χ1) is 8.92. The molecule has 2 heterocycles. The van der Waals surface area contributed by atoms with Crippen LogP contribution in [-0.4, -0.2) is 39.6 Å². The third-order valence-corrected chi connectivity index (χ3v) is 4.28. The highest BCUT2D eigenvalue weighted by Crippen LogP contribution is 2.24. The summed E-state index contributed by atoms with van der Waals surface area (Å²) in [6.07, 6.45) is 2.92. The summed E-state index contributed by atoms with van der Waals surface area (Å²) in [6.45, 7) is 4.20. The molecule has 2 rings (SSSR count). The number of urea groups is 1. The lowest BCUT2D eigenvalue weighted by atomic mass is 10.1. The van der Waals surface area contributed by atoms with Crippen LogP contribution >= 0.6 is 11.3 Å². The zero-order valence-corrected chi connectivity index (χ0v) is 11.7. The Hall–Kier alpha value is -1.63. The lowest BCUT2D eigenvalue weighted by molar-refractivity contribution is -0.141. The van der Waals surface area contributed by atoms with Gasteiger partial charge in [-0.2, -0.15) is 0 Å². The predicted octanol–water partition coefficient (Wildman–Crippen LogP) is 1.64. The lowest BCUT2D eigenvalue weighted by Crippen LogP contribution is -2.51. The number of carbonyl (C=O) groups is 2. The molecule has 0 aliphatic carbocycles. The number of amides is 2. The molecule has 104 valence electrons. The van der Waals surface area contributed by atoms with Crippen molar-refractivity contribution in [1.29, 1.82) is 0 Å². The molecule has 1 aliphatic rings. The molecule has 1 aliphatic heterocycles. The van der Waals surface area contributed by atoms with Crippen LogP contribution in [-0.2, 0) is 10.3 Å². The van der Waals surface area contributed by atoms with E-state index in [2.05, 4.69) is 10.3 Å². The van der Waals surface area contributed by atoms with Crippen molar-refractivity contribution in [2.24, 2.45) is 0 Å². The fourth-order valence-corrected chi connectivity index (χ4v) is 2.91. The second-order valence-electron chi connectivity index (χ2n) is 5.08. The zero-order chi connectivity index (χ0) is 14.0. The molecular formula is C12H17N3O3S. The molecule has 1 atom stereocenters. The van der Waals surface area contributed by atoms with E-state index in [-0.39, 0.29) is 6.03 Å². The highest BCUT2D eigenvalue weighted by molar-refractivity contribution is 7.09. The molecule has 2 amide bonds. The lowest BCUT2D eigenvalue weighted by Gasteiger charge is -2.29. The SMILES string of the molecule is CC(C)(NC(=O)N1CCC[C@H]1C(=O)O)c1nccs1. The summed E-state index contributed by atoms with van der Waals surface area (Å²) in [5.74, 6) is -0.945. The summed E-state index contributed by atoms with van der Waals surface area (Å²) in [4.78, 5) is 28.9. The number of aliphatic carboxylic acids is 1. The molecule has 0 unspecified atom stereocenters. The number of nitrogens with zero attached hydrogens (tertiary/aromatic N) is 2. The van der Waals surface area contributed by atoms with Crippen molar-refractivity contribution in [3.05, 3.63) is 16.6 Å². The largest absolute Gasteiger partial charge is 0.480 e. The molecule has 7 heteroatoms. The number of nitrogens with one attached hydrogen (secondary N) is 1. The van der Waals surface area contributed by atoms with Crippen molar-refractivity contribution in [1.82, 2.24) is 15.2 Å². The van der Waals surface area contributed by atoms with Gasteiger partial charge in [-0.25, -0.2) is 14.6 Å². The summed E-state index contributed by atoms with van der Waals surface area (Å²) < 4.78 is 0. The standard InChI is InChI=1S/C12H17N3O3S/c1-12(2,10-13-5-7-19-10)14-11(18)15-6-3-4-8(15)9(16)17/h5,7-8H,3-4,6H2,1-2H3,(H,14,18)(H,16,17)/t8-/m0/s1. The van der Waals surface area contributed by atoms with Crippen LogP contribution in [0.3, 0.4) is 0 Å². The number of aromatic nitrogens is 1. The quantitative estimate of drug-likeness (QED) is 0.883. The van der Waals surface area contributed by atoms with Gasteiger partial charge in [0.05, 0.1) is 5.54 Å². The normalized spacial score (nSPS) is 19.5. The Bertz CT molecular complexity index is 473. The molecule has 0 radical (unpaired) electrons. The van der Waals surface area contributed by atoms with Crippen LogP contribution in [0.25, 0.3) is 0 Å². The van der Waals surface area contributed by atoms with Crippen molar-refractivity contribution < 1.29 is 14.7 Å². The summed E-state index contributed by atoms with van der Waals surface area (Å²) in [6, 6.07) is -1.06. The number of carboxylic acids is 1. The fraction of sp³-hybridized carbons (Fsp3) is 0.583. The molecule has 0 spiro atoms. The van der Waals surface area contributed by atoms with Crippen molar-refractivity contribution in [3.8, 4) is 0 Å².